The highest BCUT2D eigenvalue weighted by molar-refractivity contribution is 7.99. The fraction of sp³-hybridized carbons (Fsp3) is 0.750. The highest BCUT2D eigenvalue weighted by Gasteiger charge is 2.29. The molecule has 1 N–H and O–H groups in total. The van der Waals surface area contributed by atoms with Gasteiger partial charge >= 0.3 is 6.03 Å². The zero-order chi connectivity index (χ0) is 16.1. The number of thioether (sulfide) groups is 1. The zero-order valence-electron chi connectivity index (χ0n) is 14.0. The summed E-state index contributed by atoms with van der Waals surface area (Å²) in [5.74, 6) is 2.19. The number of aromatic nitrogens is 1. The first-order valence-electron chi connectivity index (χ1n) is 8.09. The number of carbonyl (C=O) groups is 1. The van der Waals surface area contributed by atoms with Gasteiger partial charge in [-0.3, -0.25) is 0 Å². The molecule has 6 heteroatoms. The summed E-state index contributed by atoms with van der Waals surface area (Å²) in [4.78, 5) is 14.1. The molecule has 0 aromatic carbocycles. The summed E-state index contributed by atoms with van der Waals surface area (Å²) < 4.78 is 5.24. The van der Waals surface area contributed by atoms with Gasteiger partial charge in [-0.25, -0.2) is 4.79 Å². The Morgan fingerprint density at radius 3 is 2.95 bits per heavy atom. The first-order chi connectivity index (χ1) is 10.5. The monoisotopic (exact) mass is 325 g/mol. The van der Waals surface area contributed by atoms with Gasteiger partial charge in [-0.1, -0.05) is 25.9 Å². The standard InChI is InChI=1S/C16H27N3O2S/c1-5-22-14-7-6-12(8-14)19(4)16(20)17-10-13-9-15(11(2)3)18-21-13/h9,11-12,14H,5-8,10H2,1-4H3,(H,17,20). The molecule has 2 unspecified atom stereocenters. The summed E-state index contributed by atoms with van der Waals surface area (Å²) in [6.45, 7) is 6.72. The van der Waals surface area contributed by atoms with Gasteiger partial charge in [0.05, 0.1) is 12.2 Å². The molecule has 0 saturated heterocycles. The maximum Gasteiger partial charge on any atom is 0.317 e. The molecule has 2 rings (SSSR count). The molecular formula is C16H27N3O2S. The summed E-state index contributed by atoms with van der Waals surface area (Å²) in [6.07, 6.45) is 3.41. The van der Waals surface area contributed by atoms with Crippen molar-refractivity contribution in [2.24, 2.45) is 0 Å². The second kappa shape index (κ2) is 7.90. The lowest BCUT2D eigenvalue weighted by Gasteiger charge is -2.24. The highest BCUT2D eigenvalue weighted by Crippen LogP contribution is 2.32. The molecule has 1 aliphatic rings. The summed E-state index contributed by atoms with van der Waals surface area (Å²) in [5, 5.41) is 7.63. The third kappa shape index (κ3) is 4.41. The molecule has 0 aliphatic heterocycles. The Balaban J connectivity index is 1.79. The lowest BCUT2D eigenvalue weighted by molar-refractivity contribution is 0.189. The quantitative estimate of drug-likeness (QED) is 0.868. The Kier molecular flexibility index (Phi) is 6.17. The lowest BCUT2D eigenvalue weighted by Crippen LogP contribution is -2.42. The van der Waals surface area contributed by atoms with Crippen LogP contribution in [-0.2, 0) is 6.54 Å². The Hall–Kier alpha value is -1.17. The summed E-state index contributed by atoms with van der Waals surface area (Å²) in [7, 11) is 1.89. The van der Waals surface area contributed by atoms with E-state index in [4.69, 9.17) is 4.52 Å². The van der Waals surface area contributed by atoms with E-state index in [2.05, 4.69) is 31.2 Å². The second-order valence-electron chi connectivity index (χ2n) is 6.19. The SMILES string of the molecule is CCSC1CCC(N(C)C(=O)NCc2cc(C(C)C)no2)C1. The van der Waals surface area contributed by atoms with Crippen LogP contribution in [0.3, 0.4) is 0 Å². The van der Waals surface area contributed by atoms with E-state index in [0.717, 1.165) is 24.3 Å². The second-order valence-corrected chi connectivity index (χ2v) is 7.76. The van der Waals surface area contributed by atoms with Crippen molar-refractivity contribution in [3.05, 3.63) is 17.5 Å². The largest absolute Gasteiger partial charge is 0.359 e. The molecular weight excluding hydrogens is 298 g/mol. The van der Waals surface area contributed by atoms with Crippen molar-refractivity contribution < 1.29 is 9.32 Å². The average molecular weight is 325 g/mol. The number of hydrogen-bond donors (Lipinski definition) is 1. The van der Waals surface area contributed by atoms with Crippen LogP contribution in [0.1, 0.15) is 57.4 Å². The number of carbonyl (C=O) groups excluding carboxylic acids is 1. The van der Waals surface area contributed by atoms with Crippen LogP contribution >= 0.6 is 11.8 Å². The third-order valence-corrected chi connectivity index (χ3v) is 5.44. The van der Waals surface area contributed by atoms with E-state index in [0.29, 0.717) is 29.5 Å². The number of hydrogen-bond acceptors (Lipinski definition) is 4. The van der Waals surface area contributed by atoms with Crippen molar-refractivity contribution in [3.8, 4) is 0 Å². The van der Waals surface area contributed by atoms with E-state index >= 15 is 0 Å². The smallest absolute Gasteiger partial charge is 0.317 e. The Morgan fingerprint density at radius 2 is 2.32 bits per heavy atom. The molecule has 22 heavy (non-hydrogen) atoms. The zero-order valence-corrected chi connectivity index (χ0v) is 14.8. The Morgan fingerprint density at radius 1 is 1.55 bits per heavy atom. The molecule has 1 saturated carbocycles. The van der Waals surface area contributed by atoms with Crippen LogP contribution in [0, 0.1) is 0 Å². The van der Waals surface area contributed by atoms with Crippen LogP contribution in [0.5, 0.6) is 0 Å². The third-order valence-electron chi connectivity index (χ3n) is 4.21. The van der Waals surface area contributed by atoms with Gasteiger partial charge in [-0.05, 0) is 30.9 Å². The number of rotatable bonds is 6. The van der Waals surface area contributed by atoms with E-state index < -0.39 is 0 Å². The van der Waals surface area contributed by atoms with Gasteiger partial charge in [-0.15, -0.1) is 0 Å². The minimum atomic E-state index is -0.0327. The Labute approximate surface area is 137 Å². The number of nitrogens with zero attached hydrogens (tertiary/aromatic N) is 2. The molecule has 1 heterocycles. The average Bonchev–Trinajstić information content (AvgIpc) is 3.13. The minimum absolute atomic E-state index is 0.0327. The molecule has 5 nitrogen and oxygen atoms in total. The van der Waals surface area contributed by atoms with Crippen LogP contribution < -0.4 is 5.32 Å². The number of amides is 2. The van der Waals surface area contributed by atoms with Crippen molar-refractivity contribution in [2.75, 3.05) is 12.8 Å². The van der Waals surface area contributed by atoms with Crippen LogP contribution in [0.4, 0.5) is 4.79 Å². The molecule has 0 bridgehead atoms. The first kappa shape index (κ1) is 17.2. The van der Waals surface area contributed by atoms with E-state index in [9.17, 15) is 4.79 Å². The van der Waals surface area contributed by atoms with Gasteiger partial charge in [0.2, 0.25) is 0 Å². The molecule has 1 aromatic heterocycles. The minimum Gasteiger partial charge on any atom is -0.359 e. The fourth-order valence-corrected chi connectivity index (χ4v) is 3.93. The molecule has 2 amide bonds. The van der Waals surface area contributed by atoms with Crippen LogP contribution in [-0.4, -0.2) is 40.2 Å². The van der Waals surface area contributed by atoms with Gasteiger partial charge in [-0.2, -0.15) is 11.8 Å². The summed E-state index contributed by atoms with van der Waals surface area (Å²) >= 11 is 2.01. The van der Waals surface area contributed by atoms with E-state index in [1.807, 2.05) is 29.8 Å². The maximum atomic E-state index is 12.3. The van der Waals surface area contributed by atoms with Crippen molar-refractivity contribution in [2.45, 2.75) is 63.8 Å². The van der Waals surface area contributed by atoms with Crippen molar-refractivity contribution in [1.82, 2.24) is 15.4 Å². The predicted molar refractivity (Wildman–Crippen MR) is 90.1 cm³/mol. The van der Waals surface area contributed by atoms with Gasteiger partial charge in [0.25, 0.3) is 0 Å². The van der Waals surface area contributed by atoms with E-state index in [-0.39, 0.29) is 6.03 Å². The molecule has 0 spiro atoms. The molecule has 2 atom stereocenters. The number of urea groups is 1. The summed E-state index contributed by atoms with van der Waals surface area (Å²) in [6, 6.07) is 2.23. The van der Waals surface area contributed by atoms with Gasteiger partial charge in [0.15, 0.2) is 5.76 Å². The van der Waals surface area contributed by atoms with Crippen LogP contribution in [0.15, 0.2) is 10.6 Å². The van der Waals surface area contributed by atoms with Gasteiger partial charge in [0, 0.05) is 24.4 Å². The topological polar surface area (TPSA) is 58.4 Å². The Bertz CT molecular complexity index is 489. The fourth-order valence-electron chi connectivity index (χ4n) is 2.79. The van der Waals surface area contributed by atoms with Crippen molar-refractivity contribution in [3.63, 3.8) is 0 Å². The van der Waals surface area contributed by atoms with Crippen LogP contribution in [0.25, 0.3) is 0 Å². The van der Waals surface area contributed by atoms with Crippen LogP contribution in [0.2, 0.25) is 0 Å². The molecule has 0 radical (unpaired) electrons. The molecule has 124 valence electrons. The van der Waals surface area contributed by atoms with E-state index in [1.165, 1.54) is 6.42 Å². The predicted octanol–water partition coefficient (Wildman–Crippen LogP) is 3.61. The van der Waals surface area contributed by atoms with Crippen molar-refractivity contribution in [1.29, 1.82) is 0 Å². The molecule has 1 aliphatic carbocycles. The molecule has 1 aromatic rings. The lowest BCUT2D eigenvalue weighted by atomic mass is 10.1. The first-order valence-corrected chi connectivity index (χ1v) is 9.13. The van der Waals surface area contributed by atoms with Gasteiger partial charge < -0.3 is 14.7 Å². The summed E-state index contributed by atoms with van der Waals surface area (Å²) in [5.41, 5.74) is 0.924. The number of nitrogens with one attached hydrogen (secondary N) is 1. The van der Waals surface area contributed by atoms with Crippen molar-refractivity contribution >= 4 is 17.8 Å². The molecule has 1 fully saturated rings. The van der Waals surface area contributed by atoms with E-state index in [1.54, 1.807) is 0 Å². The highest BCUT2D eigenvalue weighted by atomic mass is 32.2. The maximum absolute atomic E-state index is 12.3. The normalized spacial score (nSPS) is 21.3. The van der Waals surface area contributed by atoms with Gasteiger partial charge in [0.1, 0.15) is 0 Å².